The maximum atomic E-state index is 12.9. The van der Waals surface area contributed by atoms with Crippen molar-refractivity contribution in [2.75, 3.05) is 26.2 Å². The Balaban J connectivity index is 2.13. The molecule has 3 amide bonds. The van der Waals surface area contributed by atoms with E-state index in [0.717, 1.165) is 6.41 Å². The van der Waals surface area contributed by atoms with Gasteiger partial charge >= 0.3 is 6.09 Å². The molecule has 1 aromatic rings. The van der Waals surface area contributed by atoms with E-state index in [0.29, 0.717) is 31.7 Å². The molecule has 7 nitrogen and oxygen atoms in total. The molecule has 1 heterocycles. The first-order chi connectivity index (χ1) is 11.8. The van der Waals surface area contributed by atoms with Gasteiger partial charge in [-0.2, -0.15) is 0 Å². The fourth-order valence-electron chi connectivity index (χ4n) is 2.59. The molecule has 136 valence electrons. The Kier molecular flexibility index (Phi) is 6.01. The number of ether oxygens (including phenoxy) is 1. The van der Waals surface area contributed by atoms with Crippen molar-refractivity contribution in [3.05, 3.63) is 35.9 Å². The van der Waals surface area contributed by atoms with Gasteiger partial charge in [-0.3, -0.25) is 9.59 Å². The molecule has 1 N–H and O–H groups in total. The molecular weight excluding hydrogens is 322 g/mol. The minimum absolute atomic E-state index is 0.206. The highest BCUT2D eigenvalue weighted by Crippen LogP contribution is 2.18. The van der Waals surface area contributed by atoms with Gasteiger partial charge in [0, 0.05) is 26.2 Å². The lowest BCUT2D eigenvalue weighted by Gasteiger charge is -2.35. The first-order valence-electron chi connectivity index (χ1n) is 8.33. The number of amides is 3. The van der Waals surface area contributed by atoms with Crippen molar-refractivity contribution in [3.63, 3.8) is 0 Å². The van der Waals surface area contributed by atoms with Crippen molar-refractivity contribution >= 4 is 18.4 Å². The lowest BCUT2D eigenvalue weighted by Crippen LogP contribution is -2.52. The van der Waals surface area contributed by atoms with Crippen LogP contribution < -0.4 is 5.32 Å². The highest BCUT2D eigenvalue weighted by molar-refractivity contribution is 5.87. The Morgan fingerprint density at radius 2 is 1.72 bits per heavy atom. The van der Waals surface area contributed by atoms with E-state index in [1.807, 2.05) is 18.2 Å². The van der Waals surface area contributed by atoms with Gasteiger partial charge in [-0.1, -0.05) is 30.3 Å². The summed E-state index contributed by atoms with van der Waals surface area (Å²) in [6.07, 6.45) is 0.149. The largest absolute Gasteiger partial charge is 0.444 e. The first kappa shape index (κ1) is 18.8. The third kappa shape index (κ3) is 5.48. The second-order valence-corrected chi connectivity index (χ2v) is 6.96. The van der Waals surface area contributed by atoms with Crippen LogP contribution in [0.1, 0.15) is 32.4 Å². The Morgan fingerprint density at radius 3 is 2.24 bits per heavy atom. The minimum atomic E-state index is -0.821. The molecule has 1 aromatic carbocycles. The van der Waals surface area contributed by atoms with E-state index >= 15 is 0 Å². The van der Waals surface area contributed by atoms with E-state index in [-0.39, 0.29) is 5.91 Å². The van der Waals surface area contributed by atoms with Gasteiger partial charge in [0.15, 0.2) is 0 Å². The van der Waals surface area contributed by atoms with E-state index in [2.05, 4.69) is 5.32 Å². The van der Waals surface area contributed by atoms with Gasteiger partial charge in [0.05, 0.1) is 0 Å². The van der Waals surface area contributed by atoms with Crippen LogP contribution in [0, 0.1) is 0 Å². The van der Waals surface area contributed by atoms with E-state index in [4.69, 9.17) is 4.74 Å². The molecule has 0 saturated carbocycles. The van der Waals surface area contributed by atoms with Crippen LogP contribution in [0.25, 0.3) is 0 Å². The normalized spacial score (nSPS) is 16.1. The summed E-state index contributed by atoms with van der Waals surface area (Å²) in [6.45, 7) is 7.17. The number of nitrogens with zero attached hydrogens (tertiary/aromatic N) is 2. The van der Waals surface area contributed by atoms with Gasteiger partial charge < -0.3 is 19.9 Å². The minimum Gasteiger partial charge on any atom is -0.444 e. The van der Waals surface area contributed by atoms with Gasteiger partial charge in [0.25, 0.3) is 0 Å². The van der Waals surface area contributed by atoms with Crippen LogP contribution in [0.5, 0.6) is 0 Å². The molecule has 1 unspecified atom stereocenters. The Hall–Kier alpha value is -2.57. The van der Waals surface area contributed by atoms with Crippen LogP contribution in [0.2, 0.25) is 0 Å². The summed E-state index contributed by atoms with van der Waals surface area (Å²) in [5.41, 5.74) is 0.0420. The fourth-order valence-corrected chi connectivity index (χ4v) is 2.59. The smallest absolute Gasteiger partial charge is 0.408 e. The zero-order chi connectivity index (χ0) is 18.4. The van der Waals surface area contributed by atoms with E-state index in [1.165, 1.54) is 0 Å². The van der Waals surface area contributed by atoms with Crippen molar-refractivity contribution in [2.24, 2.45) is 0 Å². The maximum absolute atomic E-state index is 12.9. The molecule has 25 heavy (non-hydrogen) atoms. The number of benzene rings is 1. The summed E-state index contributed by atoms with van der Waals surface area (Å²) in [5, 5.41) is 2.68. The Bertz CT molecular complexity index is 604. The zero-order valence-electron chi connectivity index (χ0n) is 14.9. The van der Waals surface area contributed by atoms with Crippen molar-refractivity contribution in [1.29, 1.82) is 0 Å². The second kappa shape index (κ2) is 8.00. The lowest BCUT2D eigenvalue weighted by atomic mass is 10.1. The third-order valence-electron chi connectivity index (χ3n) is 3.82. The molecule has 0 aliphatic carbocycles. The van der Waals surface area contributed by atoms with Crippen molar-refractivity contribution in [3.8, 4) is 0 Å². The van der Waals surface area contributed by atoms with E-state index in [9.17, 15) is 14.4 Å². The summed E-state index contributed by atoms with van der Waals surface area (Å²) in [7, 11) is 0. The van der Waals surface area contributed by atoms with E-state index in [1.54, 1.807) is 42.7 Å². The van der Waals surface area contributed by atoms with Crippen LogP contribution in [0.3, 0.4) is 0 Å². The van der Waals surface area contributed by atoms with Gasteiger partial charge in [-0.25, -0.2) is 4.79 Å². The number of alkyl carbamates (subject to hydrolysis) is 1. The molecule has 1 atom stereocenters. The van der Waals surface area contributed by atoms with Gasteiger partial charge in [-0.15, -0.1) is 0 Å². The number of rotatable bonds is 4. The van der Waals surface area contributed by atoms with Gasteiger partial charge in [0.2, 0.25) is 12.3 Å². The second-order valence-electron chi connectivity index (χ2n) is 6.96. The zero-order valence-corrected chi connectivity index (χ0v) is 14.9. The molecular formula is C18H25N3O4. The number of hydrogen-bond acceptors (Lipinski definition) is 4. The summed E-state index contributed by atoms with van der Waals surface area (Å²) in [5.74, 6) is -0.206. The number of nitrogens with one attached hydrogen (secondary N) is 1. The summed E-state index contributed by atoms with van der Waals surface area (Å²) >= 11 is 0. The van der Waals surface area contributed by atoms with Crippen LogP contribution in [0.15, 0.2) is 30.3 Å². The molecule has 1 aliphatic heterocycles. The molecule has 1 saturated heterocycles. The van der Waals surface area contributed by atoms with Gasteiger partial charge in [-0.05, 0) is 26.3 Å². The molecule has 0 spiro atoms. The predicted octanol–water partition coefficient (Wildman–Crippen LogP) is 1.55. The summed E-state index contributed by atoms with van der Waals surface area (Å²) in [6, 6.07) is 8.25. The Morgan fingerprint density at radius 1 is 1.12 bits per heavy atom. The maximum Gasteiger partial charge on any atom is 0.408 e. The van der Waals surface area contributed by atoms with Crippen molar-refractivity contribution < 1.29 is 19.1 Å². The molecule has 0 bridgehead atoms. The quantitative estimate of drug-likeness (QED) is 0.838. The summed E-state index contributed by atoms with van der Waals surface area (Å²) in [4.78, 5) is 39.2. The fraction of sp³-hybridized carbons (Fsp3) is 0.500. The van der Waals surface area contributed by atoms with Crippen LogP contribution in [-0.2, 0) is 14.3 Å². The number of hydrogen-bond donors (Lipinski definition) is 1. The highest BCUT2D eigenvalue weighted by Gasteiger charge is 2.31. The Labute approximate surface area is 147 Å². The lowest BCUT2D eigenvalue weighted by molar-refractivity contribution is -0.137. The van der Waals surface area contributed by atoms with Crippen LogP contribution in [0.4, 0.5) is 4.79 Å². The van der Waals surface area contributed by atoms with Crippen LogP contribution >= 0.6 is 0 Å². The molecule has 7 heteroatoms. The topological polar surface area (TPSA) is 79.0 Å². The number of carbonyl (C=O) groups is 3. The standard InChI is InChI=1S/C18H25N3O4/c1-18(2,3)25-17(24)19-15(14-7-5-4-6-8-14)16(23)21-11-9-20(13-22)10-12-21/h4-8,13,15H,9-12H2,1-3H3,(H,19,24). The number of piperazine rings is 1. The predicted molar refractivity (Wildman–Crippen MR) is 92.8 cm³/mol. The average Bonchev–Trinajstić information content (AvgIpc) is 2.58. The molecule has 1 aliphatic rings. The van der Waals surface area contributed by atoms with E-state index < -0.39 is 17.7 Å². The van der Waals surface area contributed by atoms with Crippen molar-refractivity contribution in [1.82, 2.24) is 15.1 Å². The van der Waals surface area contributed by atoms with Crippen LogP contribution in [-0.4, -0.2) is 60.0 Å². The molecule has 0 radical (unpaired) electrons. The average molecular weight is 347 g/mol. The molecule has 2 rings (SSSR count). The summed E-state index contributed by atoms with van der Waals surface area (Å²) < 4.78 is 5.29. The SMILES string of the molecule is CC(C)(C)OC(=O)NC(C(=O)N1CCN(C=O)CC1)c1ccccc1. The highest BCUT2D eigenvalue weighted by atomic mass is 16.6. The monoisotopic (exact) mass is 347 g/mol. The van der Waals surface area contributed by atoms with Crippen molar-refractivity contribution in [2.45, 2.75) is 32.4 Å². The van der Waals surface area contributed by atoms with Gasteiger partial charge in [0.1, 0.15) is 11.6 Å². The first-order valence-corrected chi connectivity index (χ1v) is 8.33. The third-order valence-corrected chi connectivity index (χ3v) is 3.82. The molecule has 0 aromatic heterocycles. The number of carbonyl (C=O) groups excluding carboxylic acids is 3. The molecule has 1 fully saturated rings.